The van der Waals surface area contributed by atoms with Gasteiger partial charge in [0.15, 0.2) is 0 Å². The molecule has 1 fully saturated rings. The Bertz CT molecular complexity index is 1760. The van der Waals surface area contributed by atoms with Gasteiger partial charge in [-0.3, -0.25) is 24.2 Å². The number of benzene rings is 2. The van der Waals surface area contributed by atoms with Gasteiger partial charge in [-0.1, -0.05) is 56.3 Å². The molecule has 1 saturated heterocycles. The number of urea groups is 1. The first-order valence-electron chi connectivity index (χ1n) is 18.7. The number of carbonyl (C=O) groups excluding carboxylic acids is 6. The van der Waals surface area contributed by atoms with E-state index in [2.05, 4.69) is 26.4 Å². The Morgan fingerprint density at radius 2 is 1.60 bits per heavy atom. The maximum atomic E-state index is 13.9. The molecule has 0 aliphatic carbocycles. The highest BCUT2D eigenvalue weighted by Crippen LogP contribution is 2.30. The maximum Gasteiger partial charge on any atom is 0.312 e. The molecule has 2 unspecified atom stereocenters. The zero-order valence-corrected chi connectivity index (χ0v) is 31.7. The fourth-order valence-corrected chi connectivity index (χ4v) is 6.38. The van der Waals surface area contributed by atoms with Crippen LogP contribution in [0.5, 0.6) is 0 Å². The minimum Gasteiger partial charge on any atom is -0.370 e. The molecule has 0 saturated carbocycles. The van der Waals surface area contributed by atoms with Gasteiger partial charge in [0.25, 0.3) is 0 Å². The number of nitrogens with two attached hydrogens (primary N) is 2. The molecule has 296 valence electrons. The van der Waals surface area contributed by atoms with Gasteiger partial charge in [0.1, 0.15) is 24.6 Å². The third kappa shape index (κ3) is 12.5. The molecule has 2 aliphatic rings. The van der Waals surface area contributed by atoms with Crippen molar-refractivity contribution in [3.05, 3.63) is 65.2 Å². The van der Waals surface area contributed by atoms with Crippen LogP contribution in [0.1, 0.15) is 82.4 Å². The molecular formula is C39H53N9O7. The number of para-hydroxylation sites is 1. The van der Waals surface area contributed by atoms with Crippen LogP contribution < -0.4 is 37.7 Å². The van der Waals surface area contributed by atoms with E-state index >= 15 is 0 Å². The number of carbonyl (C=O) groups is 6. The minimum atomic E-state index is -0.979. The normalized spacial score (nSPS) is 18.6. The molecule has 0 radical (unpaired) electrons. The average Bonchev–Trinajstić information content (AvgIpc) is 3.87. The molecule has 16 nitrogen and oxygen atoms in total. The van der Waals surface area contributed by atoms with E-state index in [1.54, 1.807) is 43.0 Å². The fraction of sp³-hybridized carbons (Fsp3) is 0.487. The number of nitrogens with zero attached hydrogens (tertiary/aromatic N) is 3. The summed E-state index contributed by atoms with van der Waals surface area (Å²) in [5.74, 6) is 4.36. The van der Waals surface area contributed by atoms with E-state index in [4.69, 9.17) is 21.3 Å². The molecular weight excluding hydrogens is 706 g/mol. The van der Waals surface area contributed by atoms with Crippen molar-refractivity contribution in [3.8, 4) is 0 Å². The second kappa shape index (κ2) is 20.7. The molecule has 2 aromatic rings. The summed E-state index contributed by atoms with van der Waals surface area (Å²) in [7, 11) is 0. The number of nitrogens with one attached hydrogen (secondary N) is 4. The summed E-state index contributed by atoms with van der Waals surface area (Å²) < 4.78 is 5.38. The topological polar surface area (TPSA) is 243 Å². The first kappa shape index (κ1) is 42.1. The zero-order valence-electron chi connectivity index (χ0n) is 31.7. The van der Waals surface area contributed by atoms with Crippen molar-refractivity contribution >= 4 is 53.1 Å². The van der Waals surface area contributed by atoms with Gasteiger partial charge in [0, 0.05) is 37.1 Å². The first-order chi connectivity index (χ1) is 26.4. The zero-order chi connectivity index (χ0) is 39.9. The number of anilines is 1. The van der Waals surface area contributed by atoms with Gasteiger partial charge in [-0.2, -0.15) is 5.10 Å². The third-order valence-electron chi connectivity index (χ3n) is 9.47. The van der Waals surface area contributed by atoms with Crippen molar-refractivity contribution in [3.63, 3.8) is 0 Å². The number of rotatable bonds is 19. The number of ether oxygens (including phenoxy) is 1. The summed E-state index contributed by atoms with van der Waals surface area (Å²) in [6.45, 7) is 6.16. The Hall–Kier alpha value is -5.64. The van der Waals surface area contributed by atoms with E-state index in [1.165, 1.54) is 0 Å². The van der Waals surface area contributed by atoms with Crippen LogP contribution in [0.4, 0.5) is 10.5 Å². The molecule has 2 heterocycles. The summed E-state index contributed by atoms with van der Waals surface area (Å²) in [5, 5.41) is 14.9. The van der Waals surface area contributed by atoms with Crippen LogP contribution in [0.15, 0.2) is 58.6 Å². The SMILES string of the molecule is CC1OC1CCNC(=O)CCCCC(=O)N1Cc2ccccc2C(=NN)C(=NCC(=O)N[C@H](C(=O)N[C@H](C=O)CCCNC(N)=O)C(C)C)c2ccccc21. The van der Waals surface area contributed by atoms with Crippen molar-refractivity contribution in [2.45, 2.75) is 96.6 Å². The summed E-state index contributed by atoms with van der Waals surface area (Å²) in [6.07, 6.45) is 4.10. The molecule has 2 aliphatic heterocycles. The van der Waals surface area contributed by atoms with E-state index < -0.39 is 36.5 Å². The van der Waals surface area contributed by atoms with Crippen LogP contribution in [0.2, 0.25) is 0 Å². The quantitative estimate of drug-likeness (QED) is 0.0405. The van der Waals surface area contributed by atoms with Crippen LogP contribution in [0, 0.1) is 5.92 Å². The lowest BCUT2D eigenvalue weighted by atomic mass is 9.91. The van der Waals surface area contributed by atoms with Crippen LogP contribution in [-0.2, 0) is 35.3 Å². The van der Waals surface area contributed by atoms with Crippen LogP contribution in [-0.4, -0.2) is 91.3 Å². The monoisotopic (exact) mass is 759 g/mol. The van der Waals surface area contributed by atoms with E-state index in [-0.39, 0.29) is 61.6 Å². The molecule has 0 spiro atoms. The number of epoxide rings is 1. The molecule has 8 N–H and O–H groups in total. The van der Waals surface area contributed by atoms with Crippen molar-refractivity contribution in [1.82, 2.24) is 21.3 Å². The Balaban J connectivity index is 1.48. The maximum absolute atomic E-state index is 13.9. The lowest BCUT2D eigenvalue weighted by Gasteiger charge is -2.30. The van der Waals surface area contributed by atoms with Gasteiger partial charge < -0.3 is 47.3 Å². The highest BCUT2D eigenvalue weighted by molar-refractivity contribution is 6.55. The summed E-state index contributed by atoms with van der Waals surface area (Å²) in [5.41, 5.74) is 8.20. The van der Waals surface area contributed by atoms with Crippen molar-refractivity contribution in [2.24, 2.45) is 27.6 Å². The molecule has 4 rings (SSSR count). The van der Waals surface area contributed by atoms with Gasteiger partial charge in [-0.25, -0.2) is 4.79 Å². The Labute approximate surface area is 321 Å². The highest BCUT2D eigenvalue weighted by Gasteiger charge is 2.33. The average molecular weight is 760 g/mol. The van der Waals surface area contributed by atoms with E-state index in [0.717, 1.165) is 12.0 Å². The van der Waals surface area contributed by atoms with E-state index in [0.29, 0.717) is 61.0 Å². The van der Waals surface area contributed by atoms with Gasteiger partial charge >= 0.3 is 6.03 Å². The van der Waals surface area contributed by atoms with Crippen molar-refractivity contribution in [2.75, 3.05) is 24.5 Å². The number of amides is 6. The van der Waals surface area contributed by atoms with Gasteiger partial charge in [0.05, 0.1) is 36.2 Å². The molecule has 0 bridgehead atoms. The number of hydrogen-bond donors (Lipinski definition) is 6. The lowest BCUT2D eigenvalue weighted by Crippen LogP contribution is -2.53. The Morgan fingerprint density at radius 3 is 2.27 bits per heavy atom. The molecule has 6 amide bonds. The van der Waals surface area contributed by atoms with E-state index in [1.807, 2.05) is 31.2 Å². The number of aldehydes is 1. The third-order valence-corrected chi connectivity index (χ3v) is 9.47. The Kier molecular flexibility index (Phi) is 15.9. The second-order valence-electron chi connectivity index (χ2n) is 14.0. The first-order valence-corrected chi connectivity index (χ1v) is 18.7. The summed E-state index contributed by atoms with van der Waals surface area (Å²) in [4.78, 5) is 81.9. The molecule has 55 heavy (non-hydrogen) atoms. The second-order valence-corrected chi connectivity index (χ2v) is 14.0. The van der Waals surface area contributed by atoms with Gasteiger partial charge in [-0.15, -0.1) is 0 Å². The lowest BCUT2D eigenvalue weighted by molar-refractivity contribution is -0.130. The van der Waals surface area contributed by atoms with Crippen molar-refractivity contribution < 1.29 is 33.5 Å². The largest absolute Gasteiger partial charge is 0.370 e. The van der Waals surface area contributed by atoms with Crippen LogP contribution in [0.3, 0.4) is 0 Å². The molecule has 2 aromatic carbocycles. The molecule has 0 aromatic heterocycles. The standard InChI is InChI=1S/C39H53N9O7/c1-24(2)35(38(53)45-27(23-49)12-10-19-43-39(40)54)46-33(51)21-44-36-29-14-6-7-15-30(29)48(22-26-11-4-5-13-28(26)37(36)47-41)34(52)17-9-8-16-32(50)42-20-18-31-25(3)55-31/h4-7,11,13-15,23-25,27,31,35H,8-10,12,16-22,41H2,1-3H3,(H,42,50)(H,45,53)(H,46,51)(H3,40,43,54)/t25?,27-,31?,35-/m0/s1. The number of primary amides is 1. The number of hydrogen-bond acceptors (Lipinski definition) is 10. The highest BCUT2D eigenvalue weighted by atomic mass is 16.6. The van der Waals surface area contributed by atoms with Crippen molar-refractivity contribution in [1.29, 1.82) is 0 Å². The molecule has 16 heteroatoms. The fourth-order valence-electron chi connectivity index (χ4n) is 6.38. The summed E-state index contributed by atoms with van der Waals surface area (Å²) in [6, 6.07) is 12.1. The number of aliphatic imine (C=N–C) groups is 1. The number of unbranched alkanes of at least 4 members (excludes halogenated alkanes) is 1. The van der Waals surface area contributed by atoms with Crippen LogP contribution in [0.25, 0.3) is 0 Å². The van der Waals surface area contributed by atoms with E-state index in [9.17, 15) is 28.8 Å². The number of hydrazone groups is 1. The predicted molar refractivity (Wildman–Crippen MR) is 208 cm³/mol. The van der Waals surface area contributed by atoms with Gasteiger partial charge in [0.2, 0.25) is 23.6 Å². The van der Waals surface area contributed by atoms with Gasteiger partial charge in [-0.05, 0) is 56.6 Å². The summed E-state index contributed by atoms with van der Waals surface area (Å²) >= 11 is 0. The van der Waals surface area contributed by atoms with Crippen LogP contribution >= 0.6 is 0 Å². The molecule has 4 atom stereocenters. The number of fused-ring (bicyclic) bond motifs is 2. The smallest absolute Gasteiger partial charge is 0.312 e. The Morgan fingerprint density at radius 1 is 0.909 bits per heavy atom. The minimum absolute atomic E-state index is 0.0539. The predicted octanol–water partition coefficient (Wildman–Crippen LogP) is 1.81.